The topological polar surface area (TPSA) is 66.4 Å². The Labute approximate surface area is 64.2 Å². The smallest absolute Gasteiger partial charge is 0.328 e. The Morgan fingerprint density at radius 2 is 2.18 bits per heavy atom. The van der Waals surface area contributed by atoms with E-state index in [9.17, 15) is 9.59 Å². The SMILES string of the molecule is C=CC(=O)NCC=CC(=O)O. The van der Waals surface area contributed by atoms with Gasteiger partial charge in [0.1, 0.15) is 0 Å². The van der Waals surface area contributed by atoms with Crippen LogP contribution in [-0.2, 0) is 9.59 Å². The first-order chi connectivity index (χ1) is 5.16. The number of hydrogen-bond donors (Lipinski definition) is 2. The molecule has 0 spiro atoms. The van der Waals surface area contributed by atoms with Crippen LogP contribution in [0.2, 0.25) is 0 Å². The molecule has 0 aliphatic rings. The van der Waals surface area contributed by atoms with Gasteiger partial charge in [0.25, 0.3) is 0 Å². The summed E-state index contributed by atoms with van der Waals surface area (Å²) in [5, 5.41) is 10.5. The van der Waals surface area contributed by atoms with Crippen molar-refractivity contribution in [1.29, 1.82) is 0 Å². The summed E-state index contributed by atoms with van der Waals surface area (Å²) in [5.41, 5.74) is 0. The summed E-state index contributed by atoms with van der Waals surface area (Å²) in [7, 11) is 0. The van der Waals surface area contributed by atoms with E-state index in [1.165, 1.54) is 6.08 Å². The molecular weight excluding hydrogens is 146 g/mol. The van der Waals surface area contributed by atoms with Crippen LogP contribution in [0, 0.1) is 0 Å². The van der Waals surface area contributed by atoms with Gasteiger partial charge in [-0.25, -0.2) is 4.79 Å². The predicted molar refractivity (Wildman–Crippen MR) is 40.0 cm³/mol. The highest BCUT2D eigenvalue weighted by Crippen LogP contribution is 1.71. The summed E-state index contributed by atoms with van der Waals surface area (Å²) in [6, 6.07) is 0. The van der Waals surface area contributed by atoms with Gasteiger partial charge in [-0.1, -0.05) is 12.7 Å². The summed E-state index contributed by atoms with van der Waals surface area (Å²) in [6.07, 6.45) is 3.42. The highest BCUT2D eigenvalue weighted by Gasteiger charge is 1.88. The van der Waals surface area contributed by atoms with E-state index in [4.69, 9.17) is 5.11 Å². The van der Waals surface area contributed by atoms with E-state index in [-0.39, 0.29) is 12.5 Å². The second kappa shape index (κ2) is 5.22. The Balaban J connectivity index is 3.49. The van der Waals surface area contributed by atoms with Crippen molar-refractivity contribution in [2.45, 2.75) is 0 Å². The predicted octanol–water partition coefficient (Wildman–Crippen LogP) is -0.0706. The van der Waals surface area contributed by atoms with Crippen LogP contribution >= 0.6 is 0 Å². The van der Waals surface area contributed by atoms with Gasteiger partial charge in [0.05, 0.1) is 0 Å². The quantitative estimate of drug-likeness (QED) is 0.558. The van der Waals surface area contributed by atoms with Crippen LogP contribution < -0.4 is 5.32 Å². The number of carbonyl (C=O) groups is 2. The molecule has 60 valence electrons. The Hall–Kier alpha value is -1.58. The second-order valence-electron chi connectivity index (χ2n) is 1.69. The third-order valence-electron chi connectivity index (χ3n) is 0.840. The lowest BCUT2D eigenvalue weighted by Crippen LogP contribution is -2.20. The van der Waals surface area contributed by atoms with Crippen LogP contribution in [0.3, 0.4) is 0 Å². The molecule has 0 radical (unpaired) electrons. The fourth-order valence-electron chi connectivity index (χ4n) is 0.391. The summed E-state index contributed by atoms with van der Waals surface area (Å²) >= 11 is 0. The van der Waals surface area contributed by atoms with Gasteiger partial charge in [0.15, 0.2) is 0 Å². The van der Waals surface area contributed by atoms with Crippen molar-refractivity contribution < 1.29 is 14.7 Å². The van der Waals surface area contributed by atoms with E-state index in [2.05, 4.69) is 11.9 Å². The van der Waals surface area contributed by atoms with Crippen LogP contribution in [0.25, 0.3) is 0 Å². The van der Waals surface area contributed by atoms with Crippen LogP contribution in [0.15, 0.2) is 24.8 Å². The molecule has 0 aromatic rings. The van der Waals surface area contributed by atoms with Gasteiger partial charge in [-0.2, -0.15) is 0 Å². The molecule has 0 atom stereocenters. The van der Waals surface area contributed by atoms with Crippen LogP contribution in [-0.4, -0.2) is 23.5 Å². The molecule has 0 heterocycles. The number of aliphatic carboxylic acids is 1. The minimum atomic E-state index is -1.03. The fourth-order valence-corrected chi connectivity index (χ4v) is 0.391. The zero-order valence-corrected chi connectivity index (χ0v) is 5.91. The zero-order chi connectivity index (χ0) is 8.69. The largest absolute Gasteiger partial charge is 0.478 e. The van der Waals surface area contributed by atoms with Crippen molar-refractivity contribution >= 4 is 11.9 Å². The summed E-state index contributed by atoms with van der Waals surface area (Å²) in [4.78, 5) is 20.3. The van der Waals surface area contributed by atoms with Gasteiger partial charge < -0.3 is 10.4 Å². The number of carbonyl (C=O) groups excluding carboxylic acids is 1. The van der Waals surface area contributed by atoms with Gasteiger partial charge in [-0.05, 0) is 6.08 Å². The molecule has 0 fully saturated rings. The minimum absolute atomic E-state index is 0.206. The van der Waals surface area contributed by atoms with Crippen molar-refractivity contribution in [2.24, 2.45) is 0 Å². The summed E-state index contributed by atoms with van der Waals surface area (Å²) in [5.74, 6) is -1.35. The summed E-state index contributed by atoms with van der Waals surface area (Å²) < 4.78 is 0. The maximum absolute atomic E-state index is 10.4. The number of hydrogen-bond acceptors (Lipinski definition) is 2. The van der Waals surface area contributed by atoms with Gasteiger partial charge in [-0.3, -0.25) is 4.79 Å². The highest BCUT2D eigenvalue weighted by atomic mass is 16.4. The maximum atomic E-state index is 10.4. The van der Waals surface area contributed by atoms with Gasteiger partial charge >= 0.3 is 5.97 Å². The third-order valence-corrected chi connectivity index (χ3v) is 0.840. The molecule has 0 saturated heterocycles. The van der Waals surface area contributed by atoms with Gasteiger partial charge in [0.2, 0.25) is 5.91 Å². The number of amides is 1. The molecule has 0 bridgehead atoms. The van der Waals surface area contributed by atoms with Crippen molar-refractivity contribution in [3.05, 3.63) is 24.8 Å². The molecule has 0 saturated carbocycles. The minimum Gasteiger partial charge on any atom is -0.478 e. The molecule has 0 aliphatic carbocycles. The van der Waals surface area contributed by atoms with Crippen molar-refractivity contribution in [2.75, 3.05) is 6.54 Å². The van der Waals surface area contributed by atoms with E-state index in [1.54, 1.807) is 0 Å². The molecule has 4 nitrogen and oxygen atoms in total. The van der Waals surface area contributed by atoms with E-state index in [0.29, 0.717) is 0 Å². The number of rotatable bonds is 4. The fraction of sp³-hybridized carbons (Fsp3) is 0.143. The van der Waals surface area contributed by atoms with Crippen LogP contribution in [0.4, 0.5) is 0 Å². The van der Waals surface area contributed by atoms with Gasteiger partial charge in [0, 0.05) is 12.6 Å². The first-order valence-corrected chi connectivity index (χ1v) is 2.96. The Morgan fingerprint density at radius 1 is 1.55 bits per heavy atom. The maximum Gasteiger partial charge on any atom is 0.328 e. The zero-order valence-electron chi connectivity index (χ0n) is 5.91. The van der Waals surface area contributed by atoms with Crippen LogP contribution in [0.5, 0.6) is 0 Å². The van der Waals surface area contributed by atoms with Crippen molar-refractivity contribution in [3.63, 3.8) is 0 Å². The molecule has 0 unspecified atom stereocenters. The van der Waals surface area contributed by atoms with E-state index < -0.39 is 5.97 Å². The number of carboxylic acids is 1. The first kappa shape index (κ1) is 9.42. The Kier molecular flexibility index (Phi) is 4.47. The molecule has 0 aromatic heterocycles. The van der Waals surface area contributed by atoms with Crippen LogP contribution in [0.1, 0.15) is 0 Å². The van der Waals surface area contributed by atoms with E-state index in [0.717, 1.165) is 12.2 Å². The van der Waals surface area contributed by atoms with Gasteiger partial charge in [-0.15, -0.1) is 0 Å². The molecule has 1 amide bonds. The van der Waals surface area contributed by atoms with E-state index >= 15 is 0 Å². The first-order valence-electron chi connectivity index (χ1n) is 2.96. The second-order valence-corrected chi connectivity index (χ2v) is 1.69. The average molecular weight is 155 g/mol. The molecule has 11 heavy (non-hydrogen) atoms. The monoisotopic (exact) mass is 155 g/mol. The Morgan fingerprint density at radius 3 is 2.64 bits per heavy atom. The third kappa shape index (κ3) is 6.30. The number of nitrogens with one attached hydrogen (secondary N) is 1. The number of carboxylic acid groups (broad SMARTS) is 1. The molecule has 0 aliphatic heterocycles. The van der Waals surface area contributed by atoms with Crippen molar-refractivity contribution in [1.82, 2.24) is 5.32 Å². The lowest BCUT2D eigenvalue weighted by atomic mass is 10.4. The normalized spacial score (nSPS) is 9.45. The van der Waals surface area contributed by atoms with Crippen molar-refractivity contribution in [3.8, 4) is 0 Å². The molecule has 0 aromatic carbocycles. The molecule has 4 heteroatoms. The lowest BCUT2D eigenvalue weighted by Gasteiger charge is -1.93. The average Bonchev–Trinajstić information content (AvgIpc) is 1.97. The summed E-state index contributed by atoms with van der Waals surface area (Å²) in [6.45, 7) is 3.43. The highest BCUT2D eigenvalue weighted by molar-refractivity contribution is 5.87. The standard InChI is InChI=1S/C7H9NO3/c1-2-6(9)8-5-3-4-7(10)11/h2-4H,1,5H2,(H,8,9)(H,10,11). The Bertz CT molecular complexity index is 196. The lowest BCUT2D eigenvalue weighted by molar-refractivity contribution is -0.131. The molecule has 2 N–H and O–H groups in total. The molecular formula is C7H9NO3. The molecule has 0 rings (SSSR count). The van der Waals surface area contributed by atoms with E-state index in [1.807, 2.05) is 0 Å².